The molecule has 10 nitrogen and oxygen atoms in total. The van der Waals surface area contributed by atoms with E-state index in [1.807, 2.05) is 0 Å². The van der Waals surface area contributed by atoms with E-state index >= 15 is 0 Å². The molecule has 2 aliphatic rings. The highest BCUT2D eigenvalue weighted by Crippen LogP contribution is 2.30. The number of carbonyl (C=O) groups excluding carboxylic acids is 3. The Labute approximate surface area is 187 Å². The van der Waals surface area contributed by atoms with Crippen LogP contribution in [0.2, 0.25) is 0 Å². The highest BCUT2D eigenvalue weighted by molar-refractivity contribution is 5.95. The standard InChI is InChI=1S/C22H32N4O6/c1-4-31-21(28)18-16(24-22(29)25-19(18)17-6-5-14(2)32-17)13-26-10-7-15(8-11-26)20(27)23-9-12-30-3/h5-6,15,19H,4,7-13H2,1-3H3,(H,23,27)(H2,24,25,29)/t19-/m1/s1. The molecule has 0 radical (unpaired) electrons. The summed E-state index contributed by atoms with van der Waals surface area (Å²) in [6.45, 7) is 6.47. The first-order valence-corrected chi connectivity index (χ1v) is 11.0. The molecule has 0 saturated carbocycles. The van der Waals surface area contributed by atoms with E-state index in [9.17, 15) is 14.4 Å². The molecular formula is C22H32N4O6. The first kappa shape index (κ1) is 23.8. The summed E-state index contributed by atoms with van der Waals surface area (Å²) in [4.78, 5) is 39.6. The zero-order valence-corrected chi connectivity index (χ0v) is 18.9. The van der Waals surface area contributed by atoms with Crippen molar-refractivity contribution in [2.24, 2.45) is 5.92 Å². The molecule has 1 saturated heterocycles. The van der Waals surface area contributed by atoms with Crippen molar-refractivity contribution in [3.63, 3.8) is 0 Å². The van der Waals surface area contributed by atoms with Gasteiger partial charge in [0.1, 0.15) is 17.6 Å². The van der Waals surface area contributed by atoms with Gasteiger partial charge in [-0.2, -0.15) is 0 Å². The van der Waals surface area contributed by atoms with Crippen LogP contribution in [0.3, 0.4) is 0 Å². The van der Waals surface area contributed by atoms with Crippen molar-refractivity contribution < 1.29 is 28.3 Å². The molecule has 0 aromatic carbocycles. The van der Waals surface area contributed by atoms with Crippen LogP contribution in [0.5, 0.6) is 0 Å². The summed E-state index contributed by atoms with van der Waals surface area (Å²) in [5.74, 6) is 0.647. The molecule has 0 aliphatic carbocycles. The van der Waals surface area contributed by atoms with Gasteiger partial charge in [0.2, 0.25) is 5.91 Å². The van der Waals surface area contributed by atoms with Crippen molar-refractivity contribution in [1.82, 2.24) is 20.9 Å². The van der Waals surface area contributed by atoms with Gasteiger partial charge in [0.05, 0.1) is 18.8 Å². The van der Waals surface area contributed by atoms with E-state index in [-0.39, 0.29) is 18.4 Å². The number of esters is 1. The zero-order valence-electron chi connectivity index (χ0n) is 18.9. The second-order valence-electron chi connectivity index (χ2n) is 7.93. The Bertz CT molecular complexity index is 856. The summed E-state index contributed by atoms with van der Waals surface area (Å²) in [5.41, 5.74) is 0.828. The first-order valence-electron chi connectivity index (χ1n) is 11.0. The van der Waals surface area contributed by atoms with Gasteiger partial charge in [0.25, 0.3) is 0 Å². The highest BCUT2D eigenvalue weighted by Gasteiger charge is 2.36. The van der Waals surface area contributed by atoms with Crippen LogP contribution in [0, 0.1) is 12.8 Å². The van der Waals surface area contributed by atoms with E-state index < -0.39 is 18.0 Å². The molecule has 3 N–H and O–H groups in total. The highest BCUT2D eigenvalue weighted by atomic mass is 16.5. The van der Waals surface area contributed by atoms with Crippen molar-refractivity contribution in [3.8, 4) is 0 Å². The van der Waals surface area contributed by atoms with Crippen LogP contribution in [0.25, 0.3) is 0 Å². The molecule has 3 heterocycles. The van der Waals surface area contributed by atoms with Crippen LogP contribution in [0.1, 0.15) is 37.3 Å². The quantitative estimate of drug-likeness (QED) is 0.384. The van der Waals surface area contributed by atoms with Gasteiger partial charge in [-0.1, -0.05) is 0 Å². The van der Waals surface area contributed by atoms with E-state index in [1.54, 1.807) is 33.1 Å². The number of nitrogens with zero attached hydrogens (tertiary/aromatic N) is 1. The maximum absolute atomic E-state index is 12.8. The van der Waals surface area contributed by atoms with Crippen molar-refractivity contribution in [1.29, 1.82) is 0 Å². The summed E-state index contributed by atoms with van der Waals surface area (Å²) in [6.07, 6.45) is 1.40. The Morgan fingerprint density at radius 2 is 2.03 bits per heavy atom. The van der Waals surface area contributed by atoms with Crippen LogP contribution in [0.15, 0.2) is 27.8 Å². The SMILES string of the molecule is CCOC(=O)C1=C(CN2CCC(C(=O)NCCOC)CC2)NC(=O)N[C@@H]1c1ccc(C)o1. The van der Waals surface area contributed by atoms with E-state index in [0.717, 1.165) is 0 Å². The maximum atomic E-state index is 12.8. The van der Waals surface area contributed by atoms with Gasteiger partial charge in [-0.15, -0.1) is 0 Å². The van der Waals surface area contributed by atoms with Crippen LogP contribution in [-0.4, -0.2) is 69.3 Å². The number of urea groups is 1. The Kier molecular flexibility index (Phi) is 8.29. The molecule has 3 rings (SSSR count). The molecule has 0 unspecified atom stereocenters. The van der Waals surface area contributed by atoms with Gasteiger partial charge in [0, 0.05) is 31.8 Å². The predicted octanol–water partition coefficient (Wildman–Crippen LogP) is 1.23. The third-order valence-corrected chi connectivity index (χ3v) is 5.64. The monoisotopic (exact) mass is 448 g/mol. The van der Waals surface area contributed by atoms with Gasteiger partial charge in [-0.05, 0) is 51.9 Å². The number of amides is 3. The number of nitrogens with one attached hydrogen (secondary N) is 3. The number of rotatable bonds is 9. The lowest BCUT2D eigenvalue weighted by molar-refractivity contribution is -0.139. The number of likely N-dealkylation sites (tertiary alicyclic amines) is 1. The van der Waals surface area contributed by atoms with E-state index in [0.29, 0.717) is 68.4 Å². The van der Waals surface area contributed by atoms with Crippen molar-refractivity contribution in [2.45, 2.75) is 32.7 Å². The summed E-state index contributed by atoms with van der Waals surface area (Å²) < 4.78 is 15.9. The van der Waals surface area contributed by atoms with E-state index in [1.165, 1.54) is 0 Å². The molecular weight excluding hydrogens is 416 g/mol. The number of carbonyl (C=O) groups is 3. The van der Waals surface area contributed by atoms with Crippen LogP contribution in [0.4, 0.5) is 4.79 Å². The Morgan fingerprint density at radius 1 is 1.28 bits per heavy atom. The van der Waals surface area contributed by atoms with E-state index in [4.69, 9.17) is 13.9 Å². The molecule has 0 bridgehead atoms. The predicted molar refractivity (Wildman–Crippen MR) is 116 cm³/mol. The Morgan fingerprint density at radius 3 is 2.66 bits per heavy atom. The third-order valence-electron chi connectivity index (χ3n) is 5.64. The number of aryl methyl sites for hydroxylation is 1. The molecule has 0 spiro atoms. The Balaban J connectivity index is 1.72. The lowest BCUT2D eigenvalue weighted by atomic mass is 9.95. The molecule has 1 aromatic rings. The first-order chi connectivity index (χ1) is 15.4. The van der Waals surface area contributed by atoms with Crippen molar-refractivity contribution in [2.75, 3.05) is 46.5 Å². The lowest BCUT2D eigenvalue weighted by Crippen LogP contribution is -2.49. The van der Waals surface area contributed by atoms with Gasteiger partial charge in [0.15, 0.2) is 0 Å². The van der Waals surface area contributed by atoms with E-state index in [2.05, 4.69) is 20.9 Å². The molecule has 1 aromatic heterocycles. The average Bonchev–Trinajstić information content (AvgIpc) is 3.20. The number of piperidine rings is 1. The Hall–Kier alpha value is -2.85. The molecule has 1 atom stereocenters. The number of furan rings is 1. The van der Waals surface area contributed by atoms with Gasteiger partial charge < -0.3 is 29.8 Å². The van der Waals surface area contributed by atoms with Crippen LogP contribution < -0.4 is 16.0 Å². The number of methoxy groups -OCH3 is 1. The maximum Gasteiger partial charge on any atom is 0.338 e. The van der Waals surface area contributed by atoms with Crippen molar-refractivity contribution in [3.05, 3.63) is 34.9 Å². The minimum absolute atomic E-state index is 0.0385. The zero-order chi connectivity index (χ0) is 23.1. The third kappa shape index (κ3) is 5.89. The largest absolute Gasteiger partial charge is 0.464 e. The van der Waals surface area contributed by atoms with Gasteiger partial charge in [-0.25, -0.2) is 9.59 Å². The van der Waals surface area contributed by atoms with Gasteiger partial charge in [-0.3, -0.25) is 9.69 Å². The van der Waals surface area contributed by atoms with Crippen molar-refractivity contribution >= 4 is 17.9 Å². The second kappa shape index (κ2) is 11.1. The summed E-state index contributed by atoms with van der Waals surface area (Å²) in [5, 5.41) is 8.43. The van der Waals surface area contributed by atoms with Crippen LogP contribution >= 0.6 is 0 Å². The molecule has 176 valence electrons. The molecule has 32 heavy (non-hydrogen) atoms. The fourth-order valence-corrected chi connectivity index (χ4v) is 4.01. The topological polar surface area (TPSA) is 122 Å². The molecule has 3 amide bonds. The summed E-state index contributed by atoms with van der Waals surface area (Å²) in [7, 11) is 1.60. The molecule has 1 fully saturated rings. The number of ether oxygens (including phenoxy) is 2. The minimum atomic E-state index is -0.726. The smallest absolute Gasteiger partial charge is 0.338 e. The minimum Gasteiger partial charge on any atom is -0.464 e. The number of hydrogen-bond acceptors (Lipinski definition) is 7. The van der Waals surface area contributed by atoms with Crippen LogP contribution in [-0.2, 0) is 19.1 Å². The molecule has 2 aliphatic heterocycles. The fraction of sp³-hybridized carbons (Fsp3) is 0.591. The second-order valence-corrected chi connectivity index (χ2v) is 7.93. The normalized spacial score (nSPS) is 20.0. The fourth-order valence-electron chi connectivity index (χ4n) is 4.01. The summed E-state index contributed by atoms with van der Waals surface area (Å²) in [6, 6.07) is 2.40. The number of hydrogen-bond donors (Lipinski definition) is 3. The summed E-state index contributed by atoms with van der Waals surface area (Å²) >= 11 is 0. The average molecular weight is 449 g/mol. The molecule has 10 heteroatoms. The van der Waals surface area contributed by atoms with Gasteiger partial charge >= 0.3 is 12.0 Å². The lowest BCUT2D eigenvalue weighted by Gasteiger charge is -2.34.